The minimum atomic E-state index is -1.02. The summed E-state index contributed by atoms with van der Waals surface area (Å²) in [6.07, 6.45) is 36.3. The van der Waals surface area contributed by atoms with E-state index in [2.05, 4.69) is 106 Å². The van der Waals surface area contributed by atoms with Crippen molar-refractivity contribution in [3.63, 3.8) is 0 Å². The van der Waals surface area contributed by atoms with Crippen molar-refractivity contribution in [2.24, 2.45) is 121 Å². The Morgan fingerprint density at radius 1 is 0.454 bits per heavy atom. The Kier molecular flexibility index (Phi) is 28.0. The first-order valence-corrected chi connectivity index (χ1v) is 45.2. The Bertz CT molecular complexity index is 4580. The van der Waals surface area contributed by atoms with Gasteiger partial charge in [-0.1, -0.05) is 56.8 Å². The van der Waals surface area contributed by atoms with Gasteiger partial charge in [0, 0.05) is 37.6 Å². The summed E-state index contributed by atoms with van der Waals surface area (Å²) in [5.74, 6) is 1.96. The number of terminal acetylenes is 1. The SMILES string of the molecule is C.C.C#C.CCOC[C@]12CC[C@@](C)(O)C[C@H]1CC[C@H]1[C@@H]3CC[C@H](C(=O)CBr)[C@@]3(C)CC[C@@H]12.CCOC[C@]12CC[C@@](C)(O)C[C@H]1CC[C@H]1[C@@H]3CC[C@H](C(=O)Cn4nc5ccc(F)c(F)c5n4)[C@@]3(C)CC[C@@H]12.CCOC[C@]12CC[C@@](C)(O)C[C@H]1CC[C@H]1[C@@H]3CC[C@H](C(=O)Cn4nnc5c(F)c(F)ccc54)[C@@]3(C)CC[C@@H]12.Fc1ccc2n[nH]nc2c1F. The van der Waals surface area contributed by atoms with Gasteiger partial charge in [-0.25, -0.2) is 31.0 Å². The molecule has 0 unspecified atom stereocenters. The van der Waals surface area contributed by atoms with Gasteiger partial charge in [-0.3, -0.25) is 14.4 Å². The molecule has 0 saturated heterocycles. The smallest absolute Gasteiger partial charge is 0.188 e. The van der Waals surface area contributed by atoms with Crippen LogP contribution in [0.2, 0.25) is 0 Å². The van der Waals surface area contributed by atoms with Crippen LogP contribution in [0.1, 0.15) is 251 Å². The van der Waals surface area contributed by atoms with Crippen LogP contribution in [-0.2, 0) is 41.7 Å². The lowest BCUT2D eigenvalue weighted by Gasteiger charge is -2.62. The predicted molar refractivity (Wildman–Crippen MR) is 451 cm³/mol. The molecule has 0 amide bonds. The minimum absolute atomic E-state index is 0. The Labute approximate surface area is 709 Å². The van der Waals surface area contributed by atoms with Gasteiger partial charge in [-0.15, -0.1) is 23.0 Å². The van der Waals surface area contributed by atoms with Gasteiger partial charge in [-0.2, -0.15) is 25.3 Å². The number of rotatable bonds is 17. The predicted octanol–water partition coefficient (Wildman–Crippen LogP) is 19.5. The normalized spacial score (nSPS) is 38.8. The van der Waals surface area contributed by atoms with E-state index in [1.807, 2.05) is 20.8 Å². The maximum absolute atomic E-state index is 14.2. The monoisotopic (exact) mass is 1730 g/mol. The Morgan fingerprint density at radius 2 is 0.832 bits per heavy atom. The number of carbonyl (C=O) groups excluding carboxylic acids is 3. The fraction of sp³-hybridized carbons (Fsp3) is 0.755. The van der Waals surface area contributed by atoms with Crippen LogP contribution in [0, 0.1) is 169 Å². The molecular formula is C94H134BrF6N9O9. The van der Waals surface area contributed by atoms with Crippen molar-refractivity contribution in [1.29, 1.82) is 0 Å². The average Bonchev–Trinajstić information content (AvgIpc) is 1.71. The number of aromatic amines is 1. The zero-order chi connectivity index (χ0) is 83.7. The summed E-state index contributed by atoms with van der Waals surface area (Å²) in [6, 6.07) is 7.32. The zero-order valence-corrected chi connectivity index (χ0v) is 71.8. The molecule has 4 N–H and O–H groups in total. The summed E-state index contributed by atoms with van der Waals surface area (Å²) in [4.78, 5) is 41.3. The van der Waals surface area contributed by atoms with Crippen LogP contribution in [0.25, 0.3) is 33.1 Å². The summed E-state index contributed by atoms with van der Waals surface area (Å²) >= 11 is 3.44. The van der Waals surface area contributed by atoms with Crippen LogP contribution in [0.15, 0.2) is 36.4 Å². The second-order valence-corrected chi connectivity index (χ2v) is 40.3. The summed E-state index contributed by atoms with van der Waals surface area (Å²) in [5, 5.41) is 58.5. The largest absolute Gasteiger partial charge is 0.390 e. The van der Waals surface area contributed by atoms with Gasteiger partial charge in [0.1, 0.15) is 29.9 Å². The van der Waals surface area contributed by atoms with Crippen molar-refractivity contribution in [2.75, 3.05) is 45.0 Å². The molecule has 18 rings (SSSR count). The quantitative estimate of drug-likeness (QED) is 0.0377. The topological polar surface area (TPSA) is 243 Å². The molecule has 25 heteroatoms. The maximum Gasteiger partial charge on any atom is 0.188 e. The van der Waals surface area contributed by atoms with Crippen LogP contribution >= 0.6 is 15.9 Å². The molecule has 0 spiro atoms. The Morgan fingerprint density at radius 3 is 1.24 bits per heavy atom. The standard InChI is InChI=1S/2C30H41F2N3O3.C24H39BrO3.C6H3F2N3.C2H2.2CH4/c1-4-38-17-30-14-13-28(2,37)15-18(30)5-6-19-20-7-8-22(29(20,3)12-11-21(19)30)25(36)16-35-24-10-9-23(31)26(32)27(24)33-34-35;1-4-38-17-30-14-13-28(2,37)15-18(30)5-6-19-20-7-8-22(29(20,3)12-11-21(19)30)25(36)16-35-33-24-10-9-23(31)26(32)27(24)34-35;1-4-28-15-24-12-11-22(2,27)13-16(24)5-6-17-18-7-8-20(21(26)14-25)23(18,3)10-9-19(17)24;7-3-1-2-4-6(5(3)8)10-11-9-4;1-2;;/h2*9-10,18-22,37H,4-8,11-17H2,1-3H3;16-20,27H,4-15H2,1-3H3;1-2H,(H,9,10,11);1-2H;2*1H4/t2*18-,19+,20+,21+,22-,28-,29+,30-;16-,17+,18+,19+,20-,22-,23+,24-;;;;/m111..../s1. The number of alkyl halides is 1. The third-order valence-electron chi connectivity index (χ3n) is 34.0. The highest BCUT2D eigenvalue weighted by Gasteiger charge is 2.67. The number of benzene rings is 3. The number of Topliss-reactive ketones (excluding diaryl/α,β-unsaturated/α-hetero) is 3. The van der Waals surface area contributed by atoms with Gasteiger partial charge in [0.05, 0.1) is 47.5 Å². The van der Waals surface area contributed by atoms with Crippen molar-refractivity contribution in [1.82, 2.24) is 45.4 Å². The van der Waals surface area contributed by atoms with Crippen molar-refractivity contribution >= 4 is 66.4 Å². The number of hydrogen-bond acceptors (Lipinski definition) is 15. The first-order chi connectivity index (χ1) is 55.7. The van der Waals surface area contributed by atoms with Crippen molar-refractivity contribution in [3.05, 3.63) is 71.3 Å². The van der Waals surface area contributed by atoms with E-state index in [1.54, 1.807) is 0 Å². The Hall–Kier alpha value is -5.75. The molecule has 3 heterocycles. The highest BCUT2D eigenvalue weighted by Crippen LogP contribution is 2.72. The van der Waals surface area contributed by atoms with Crippen LogP contribution in [0.4, 0.5) is 26.3 Å². The number of carbonyl (C=O) groups is 3. The molecule has 6 aromatic rings. The number of hydrogen-bond donors (Lipinski definition) is 4. The van der Waals surface area contributed by atoms with E-state index >= 15 is 0 Å². The van der Waals surface area contributed by atoms with E-state index in [4.69, 9.17) is 14.2 Å². The van der Waals surface area contributed by atoms with Crippen molar-refractivity contribution in [3.8, 4) is 12.8 Å². The molecule has 3 aromatic carbocycles. The number of ketones is 3. The molecule has 12 aliphatic carbocycles. The molecule has 0 aliphatic heterocycles. The number of halogens is 7. The van der Waals surface area contributed by atoms with E-state index in [0.29, 0.717) is 100 Å². The van der Waals surface area contributed by atoms with E-state index < -0.39 is 51.7 Å². The van der Waals surface area contributed by atoms with Gasteiger partial charge in [0.15, 0.2) is 63.0 Å². The summed E-state index contributed by atoms with van der Waals surface area (Å²) < 4.78 is 101. The van der Waals surface area contributed by atoms with Crippen molar-refractivity contribution in [2.45, 2.75) is 280 Å². The first-order valence-electron chi connectivity index (χ1n) is 44.1. The molecule has 12 fully saturated rings. The van der Waals surface area contributed by atoms with Gasteiger partial charge in [0.2, 0.25) is 0 Å². The van der Waals surface area contributed by atoms with Gasteiger partial charge >= 0.3 is 0 Å². The number of H-pyrrole nitrogens is 1. The van der Waals surface area contributed by atoms with E-state index in [1.165, 1.54) is 66.2 Å². The second-order valence-electron chi connectivity index (χ2n) is 39.7. The molecule has 12 aliphatic rings. The molecule has 658 valence electrons. The zero-order valence-electron chi connectivity index (χ0n) is 70.2. The molecule has 119 heavy (non-hydrogen) atoms. The minimum Gasteiger partial charge on any atom is -0.390 e. The molecule has 24 atom stereocenters. The average molecular weight is 1730 g/mol. The lowest BCUT2D eigenvalue weighted by molar-refractivity contribution is -0.178. The van der Waals surface area contributed by atoms with Gasteiger partial charge in [-0.05, 0) is 355 Å². The highest BCUT2D eigenvalue weighted by molar-refractivity contribution is 9.09. The maximum atomic E-state index is 14.2. The lowest BCUT2D eigenvalue weighted by Crippen LogP contribution is -2.58. The molecule has 3 aromatic heterocycles. The van der Waals surface area contributed by atoms with E-state index in [-0.39, 0.29) is 112 Å². The first kappa shape index (κ1) is 92.4. The lowest BCUT2D eigenvalue weighted by atomic mass is 9.43. The molecular weight excluding hydrogens is 1590 g/mol. The Balaban J connectivity index is 0.000000152. The summed E-state index contributed by atoms with van der Waals surface area (Å²) in [6.45, 7) is 24.0. The fourth-order valence-corrected chi connectivity index (χ4v) is 29.0. The summed E-state index contributed by atoms with van der Waals surface area (Å²) in [7, 11) is 0. The number of fused-ring (bicyclic) bond motifs is 18. The number of aliphatic hydroxyl groups is 3. The molecule has 0 bridgehead atoms. The van der Waals surface area contributed by atoms with Gasteiger partial charge < -0.3 is 29.5 Å². The molecule has 12 saturated carbocycles. The summed E-state index contributed by atoms with van der Waals surface area (Å²) in [5.41, 5.74) is -0.477. The third kappa shape index (κ3) is 16.8. The third-order valence-corrected chi connectivity index (χ3v) is 34.6. The van der Waals surface area contributed by atoms with Crippen LogP contribution in [0.3, 0.4) is 0 Å². The second kappa shape index (κ2) is 36.1. The number of aromatic nitrogens is 9. The molecule has 18 nitrogen and oxygen atoms in total. The van der Waals surface area contributed by atoms with Crippen molar-refractivity contribution < 1.29 is 70.3 Å². The number of ether oxygens (including phenoxy) is 3. The van der Waals surface area contributed by atoms with Crippen LogP contribution < -0.4 is 0 Å². The number of nitrogens with one attached hydrogen (secondary N) is 1. The molecule has 0 radical (unpaired) electrons. The van der Waals surface area contributed by atoms with Crippen LogP contribution in [-0.4, -0.2) is 140 Å². The van der Waals surface area contributed by atoms with Gasteiger partial charge in [0.25, 0.3) is 0 Å². The number of nitrogens with zero attached hydrogens (tertiary/aromatic N) is 8. The van der Waals surface area contributed by atoms with E-state index in [0.717, 1.165) is 185 Å². The van der Waals surface area contributed by atoms with Crippen LogP contribution in [0.5, 0.6) is 0 Å². The fourth-order valence-electron chi connectivity index (χ4n) is 28.6. The highest BCUT2D eigenvalue weighted by atomic mass is 79.9. The van der Waals surface area contributed by atoms with E-state index in [9.17, 15) is 56.0 Å².